The van der Waals surface area contributed by atoms with Gasteiger partial charge in [0.1, 0.15) is 17.5 Å². The number of anilines is 2. The second-order valence-electron chi connectivity index (χ2n) is 8.01. The molecule has 0 heterocycles. The van der Waals surface area contributed by atoms with Gasteiger partial charge in [0.15, 0.2) is 0 Å². The van der Waals surface area contributed by atoms with Gasteiger partial charge in [0.25, 0.3) is 0 Å². The van der Waals surface area contributed by atoms with E-state index in [1.165, 1.54) is 23.1 Å². The number of methoxy groups -OCH3 is 1. The van der Waals surface area contributed by atoms with Crippen LogP contribution in [-0.2, 0) is 14.8 Å². The van der Waals surface area contributed by atoms with Crippen molar-refractivity contribution in [3.63, 3.8) is 0 Å². The van der Waals surface area contributed by atoms with Gasteiger partial charge in [-0.1, -0.05) is 36.4 Å². The van der Waals surface area contributed by atoms with Crippen molar-refractivity contribution in [2.24, 2.45) is 0 Å². The zero-order chi connectivity index (χ0) is 25.6. The maximum atomic E-state index is 13.4. The molecule has 0 bridgehead atoms. The highest BCUT2D eigenvalue weighted by Crippen LogP contribution is 2.28. The van der Waals surface area contributed by atoms with E-state index in [0.717, 1.165) is 6.26 Å². The number of ether oxygens (including phenoxy) is 1. The third kappa shape index (κ3) is 6.95. The van der Waals surface area contributed by atoms with E-state index in [4.69, 9.17) is 4.74 Å². The Kier molecular flexibility index (Phi) is 8.34. The van der Waals surface area contributed by atoms with E-state index in [1.54, 1.807) is 38.4 Å². The van der Waals surface area contributed by atoms with Gasteiger partial charge in [0.2, 0.25) is 15.9 Å². The Hall–Kier alpha value is -3.60. The number of likely N-dealkylation sites (N-methyl/N-ethyl adjacent to an activating group) is 1. The van der Waals surface area contributed by atoms with Crippen molar-refractivity contribution in [3.8, 4) is 11.5 Å². The van der Waals surface area contributed by atoms with Gasteiger partial charge >= 0.3 is 0 Å². The van der Waals surface area contributed by atoms with Crippen molar-refractivity contribution >= 4 is 27.3 Å². The molecule has 35 heavy (non-hydrogen) atoms. The summed E-state index contributed by atoms with van der Waals surface area (Å²) in [7, 11) is -0.393. The monoisotopic (exact) mass is 499 g/mol. The smallest absolute Gasteiger partial charge is 0.248 e. The van der Waals surface area contributed by atoms with E-state index in [2.05, 4.69) is 10.0 Å². The second kappa shape index (κ2) is 11.2. The number of amides is 1. The molecule has 2 atom stereocenters. The molecule has 0 aliphatic heterocycles. The van der Waals surface area contributed by atoms with Gasteiger partial charge in [-0.2, -0.15) is 0 Å². The van der Waals surface area contributed by atoms with Crippen LogP contribution in [0, 0.1) is 0 Å². The predicted octanol–water partition coefficient (Wildman–Crippen LogP) is 2.80. The Labute approximate surface area is 205 Å². The van der Waals surface area contributed by atoms with Crippen LogP contribution in [0.1, 0.15) is 23.3 Å². The van der Waals surface area contributed by atoms with Crippen molar-refractivity contribution < 1.29 is 28.2 Å². The number of aliphatic hydroxyl groups excluding tert-OH is 1. The summed E-state index contributed by atoms with van der Waals surface area (Å²) in [6.45, 7) is -0.0197. The maximum Gasteiger partial charge on any atom is 0.248 e. The molecule has 0 aliphatic carbocycles. The zero-order valence-corrected chi connectivity index (χ0v) is 20.5. The van der Waals surface area contributed by atoms with Crippen molar-refractivity contribution in [2.75, 3.05) is 36.6 Å². The molecule has 0 fully saturated rings. The normalized spacial score (nSPS) is 13.0. The number of rotatable bonds is 10. The first kappa shape index (κ1) is 26.0. The van der Waals surface area contributed by atoms with Gasteiger partial charge in [0, 0.05) is 19.3 Å². The van der Waals surface area contributed by atoms with Gasteiger partial charge < -0.3 is 19.8 Å². The molecule has 9 nitrogen and oxygen atoms in total. The third-order valence-electron chi connectivity index (χ3n) is 5.39. The zero-order valence-electron chi connectivity index (χ0n) is 19.7. The Balaban J connectivity index is 1.83. The van der Waals surface area contributed by atoms with Crippen molar-refractivity contribution in [2.45, 2.75) is 12.1 Å². The standard InChI is InChI=1S/C25H29N3O6S/c1-28(19-7-5-4-6-8-19)25(31)24(17-9-12-20(34-2)13-10-17)26-16-23(30)18-11-14-22(29)21(15-18)27-35(3,32)33/h4-15,23-24,26-27,29-30H,16H2,1-3H3/t23-,24-/m1/s1. The summed E-state index contributed by atoms with van der Waals surface area (Å²) in [4.78, 5) is 15.0. The predicted molar refractivity (Wildman–Crippen MR) is 135 cm³/mol. The van der Waals surface area contributed by atoms with Crippen molar-refractivity contribution in [1.82, 2.24) is 5.32 Å². The lowest BCUT2D eigenvalue weighted by Crippen LogP contribution is -2.40. The van der Waals surface area contributed by atoms with Crippen LogP contribution in [0.4, 0.5) is 11.4 Å². The fourth-order valence-corrected chi connectivity index (χ4v) is 4.07. The molecule has 0 aromatic heterocycles. The van der Waals surface area contributed by atoms with Crippen molar-refractivity contribution in [3.05, 3.63) is 83.9 Å². The van der Waals surface area contributed by atoms with Crippen LogP contribution >= 0.6 is 0 Å². The molecule has 0 radical (unpaired) electrons. The molecular weight excluding hydrogens is 470 g/mol. The molecule has 0 spiro atoms. The summed E-state index contributed by atoms with van der Waals surface area (Å²) >= 11 is 0. The van der Waals surface area contributed by atoms with E-state index in [0.29, 0.717) is 22.6 Å². The number of sulfonamides is 1. The lowest BCUT2D eigenvalue weighted by Gasteiger charge is -2.26. The average molecular weight is 500 g/mol. The molecule has 0 saturated heterocycles. The maximum absolute atomic E-state index is 13.4. The lowest BCUT2D eigenvalue weighted by molar-refractivity contribution is -0.120. The first-order valence-electron chi connectivity index (χ1n) is 10.8. The first-order chi connectivity index (χ1) is 16.6. The van der Waals surface area contributed by atoms with E-state index >= 15 is 0 Å². The number of aliphatic hydroxyl groups is 1. The summed E-state index contributed by atoms with van der Waals surface area (Å²) in [5.74, 6) is 0.139. The van der Waals surface area contributed by atoms with Gasteiger partial charge in [-0.15, -0.1) is 0 Å². The number of nitrogens with one attached hydrogen (secondary N) is 2. The highest BCUT2D eigenvalue weighted by molar-refractivity contribution is 7.92. The molecule has 4 N–H and O–H groups in total. The topological polar surface area (TPSA) is 128 Å². The van der Waals surface area contributed by atoms with Crippen LogP contribution in [0.5, 0.6) is 11.5 Å². The quantitative estimate of drug-likeness (QED) is 0.316. The molecule has 0 unspecified atom stereocenters. The molecule has 10 heteroatoms. The summed E-state index contributed by atoms with van der Waals surface area (Å²) < 4.78 is 30.5. The minimum absolute atomic E-state index is 0.0197. The number of phenols is 1. The van der Waals surface area contributed by atoms with Crippen LogP contribution < -0.4 is 19.7 Å². The van der Waals surface area contributed by atoms with Crippen LogP contribution in [0.15, 0.2) is 72.8 Å². The van der Waals surface area contributed by atoms with E-state index in [9.17, 15) is 23.4 Å². The second-order valence-corrected chi connectivity index (χ2v) is 9.76. The van der Waals surface area contributed by atoms with Crippen LogP contribution in [0.3, 0.4) is 0 Å². The number of phenolic OH excluding ortho intramolecular Hbond substituents is 1. The van der Waals surface area contributed by atoms with Gasteiger partial charge in [0.05, 0.1) is 25.2 Å². The van der Waals surface area contributed by atoms with Gasteiger partial charge in [-0.3, -0.25) is 14.8 Å². The van der Waals surface area contributed by atoms with E-state index in [1.807, 2.05) is 30.3 Å². The highest BCUT2D eigenvalue weighted by atomic mass is 32.2. The molecule has 3 aromatic carbocycles. The molecule has 0 aliphatic rings. The number of para-hydroxylation sites is 1. The number of hydrogen-bond acceptors (Lipinski definition) is 7. The van der Waals surface area contributed by atoms with Crippen LogP contribution in [0.25, 0.3) is 0 Å². The number of hydrogen-bond donors (Lipinski definition) is 4. The Morgan fingerprint density at radius 2 is 1.66 bits per heavy atom. The number of nitrogens with zero attached hydrogens (tertiary/aromatic N) is 1. The summed E-state index contributed by atoms with van der Waals surface area (Å²) in [5, 5.41) is 23.9. The number of carbonyl (C=O) groups is 1. The summed E-state index contributed by atoms with van der Waals surface area (Å²) in [6, 6.07) is 19.6. The SMILES string of the molecule is COc1ccc([C@@H](NC[C@@H](O)c2ccc(O)c(NS(C)(=O)=O)c2)C(=O)N(C)c2ccccc2)cc1. The minimum atomic E-state index is -3.62. The molecule has 3 aromatic rings. The van der Waals surface area contributed by atoms with E-state index in [-0.39, 0.29) is 23.9 Å². The van der Waals surface area contributed by atoms with Gasteiger partial charge in [-0.25, -0.2) is 8.42 Å². The fraction of sp³-hybridized carbons (Fsp3) is 0.240. The molecule has 0 saturated carbocycles. The van der Waals surface area contributed by atoms with Crippen LogP contribution in [-0.4, -0.2) is 51.5 Å². The molecular formula is C25H29N3O6S. The van der Waals surface area contributed by atoms with Gasteiger partial charge in [-0.05, 0) is 47.5 Å². The van der Waals surface area contributed by atoms with Crippen molar-refractivity contribution in [1.29, 1.82) is 0 Å². The largest absolute Gasteiger partial charge is 0.506 e. The first-order valence-corrected chi connectivity index (χ1v) is 12.7. The lowest BCUT2D eigenvalue weighted by atomic mass is 10.0. The average Bonchev–Trinajstić information content (AvgIpc) is 2.84. The number of aromatic hydroxyl groups is 1. The Bertz CT molecular complexity index is 1250. The fourth-order valence-electron chi connectivity index (χ4n) is 3.51. The van der Waals surface area contributed by atoms with Crippen LogP contribution in [0.2, 0.25) is 0 Å². The number of carbonyl (C=O) groups excluding carboxylic acids is 1. The summed E-state index contributed by atoms with van der Waals surface area (Å²) in [6.07, 6.45) is -0.128. The number of benzene rings is 3. The third-order valence-corrected chi connectivity index (χ3v) is 5.98. The summed E-state index contributed by atoms with van der Waals surface area (Å²) in [5.41, 5.74) is 1.71. The Morgan fingerprint density at radius 3 is 2.26 bits per heavy atom. The minimum Gasteiger partial charge on any atom is -0.506 e. The molecule has 186 valence electrons. The Morgan fingerprint density at radius 1 is 1.03 bits per heavy atom. The highest BCUT2D eigenvalue weighted by Gasteiger charge is 2.26. The molecule has 3 rings (SSSR count). The molecule has 1 amide bonds. The van der Waals surface area contributed by atoms with E-state index < -0.39 is 22.2 Å².